The number of rotatable bonds is 7. The molecular formula is C13H19FN2O3. The lowest BCUT2D eigenvalue weighted by Crippen LogP contribution is -2.34. The fourth-order valence-corrected chi connectivity index (χ4v) is 1.93. The largest absolute Gasteiger partial charge is 0.396 e. The molecule has 1 aromatic rings. The summed E-state index contributed by atoms with van der Waals surface area (Å²) in [6, 6.07) is 3.45. The molecule has 0 aliphatic heterocycles. The lowest BCUT2D eigenvalue weighted by molar-refractivity contribution is -0.385. The lowest BCUT2D eigenvalue weighted by atomic mass is 10.0. The maximum Gasteiger partial charge on any atom is 0.274 e. The van der Waals surface area contributed by atoms with Gasteiger partial charge >= 0.3 is 0 Å². The van der Waals surface area contributed by atoms with E-state index in [0.29, 0.717) is 12.0 Å². The molecule has 0 heterocycles. The predicted octanol–water partition coefficient (Wildman–Crippen LogP) is 2.23. The SMILES string of the molecule is CC(C)C(CCO)NCc1cc(F)ccc1[N+](=O)[O-]. The van der Waals surface area contributed by atoms with Crippen LogP contribution in [0.15, 0.2) is 18.2 Å². The molecule has 106 valence electrons. The van der Waals surface area contributed by atoms with Crippen molar-refractivity contribution in [2.24, 2.45) is 5.92 Å². The molecule has 2 N–H and O–H groups in total. The molecule has 0 saturated heterocycles. The van der Waals surface area contributed by atoms with Crippen molar-refractivity contribution in [2.75, 3.05) is 6.61 Å². The Kier molecular flexibility index (Phi) is 5.85. The lowest BCUT2D eigenvalue weighted by Gasteiger charge is -2.21. The number of hydrogen-bond acceptors (Lipinski definition) is 4. The molecule has 0 amide bonds. The van der Waals surface area contributed by atoms with E-state index in [1.165, 1.54) is 12.1 Å². The fraction of sp³-hybridized carbons (Fsp3) is 0.538. The highest BCUT2D eigenvalue weighted by Gasteiger charge is 2.17. The second-order valence-electron chi connectivity index (χ2n) is 4.77. The van der Waals surface area contributed by atoms with Crippen LogP contribution in [0.1, 0.15) is 25.8 Å². The molecule has 5 nitrogen and oxygen atoms in total. The van der Waals surface area contributed by atoms with Crippen LogP contribution in [-0.4, -0.2) is 22.7 Å². The summed E-state index contributed by atoms with van der Waals surface area (Å²) in [6.45, 7) is 4.23. The summed E-state index contributed by atoms with van der Waals surface area (Å²) in [7, 11) is 0. The van der Waals surface area contributed by atoms with Gasteiger partial charge in [-0.05, 0) is 24.5 Å². The highest BCUT2D eigenvalue weighted by molar-refractivity contribution is 5.40. The Hall–Kier alpha value is -1.53. The van der Waals surface area contributed by atoms with Gasteiger partial charge in [0.15, 0.2) is 0 Å². The van der Waals surface area contributed by atoms with E-state index >= 15 is 0 Å². The van der Waals surface area contributed by atoms with Crippen molar-refractivity contribution in [3.8, 4) is 0 Å². The molecule has 0 aliphatic carbocycles. The summed E-state index contributed by atoms with van der Waals surface area (Å²) in [5, 5.41) is 22.9. The second kappa shape index (κ2) is 7.16. The van der Waals surface area contributed by atoms with E-state index < -0.39 is 10.7 Å². The van der Waals surface area contributed by atoms with Crippen LogP contribution in [0.2, 0.25) is 0 Å². The monoisotopic (exact) mass is 270 g/mol. The highest BCUT2D eigenvalue weighted by atomic mass is 19.1. The molecule has 6 heteroatoms. The van der Waals surface area contributed by atoms with E-state index in [1.807, 2.05) is 13.8 Å². The first-order valence-corrected chi connectivity index (χ1v) is 6.22. The zero-order valence-electron chi connectivity index (χ0n) is 11.1. The van der Waals surface area contributed by atoms with Gasteiger partial charge in [-0.1, -0.05) is 13.8 Å². The predicted molar refractivity (Wildman–Crippen MR) is 70.2 cm³/mol. The average molecular weight is 270 g/mol. The van der Waals surface area contributed by atoms with Crippen LogP contribution in [0.3, 0.4) is 0 Å². The Bertz CT molecular complexity index is 438. The van der Waals surface area contributed by atoms with Gasteiger partial charge in [-0.25, -0.2) is 4.39 Å². The summed E-state index contributed by atoms with van der Waals surface area (Å²) >= 11 is 0. The highest BCUT2D eigenvalue weighted by Crippen LogP contribution is 2.20. The molecule has 0 saturated carbocycles. The van der Waals surface area contributed by atoms with Crippen molar-refractivity contribution in [1.29, 1.82) is 0 Å². The topological polar surface area (TPSA) is 75.4 Å². The third-order valence-corrected chi connectivity index (χ3v) is 3.04. The zero-order valence-corrected chi connectivity index (χ0v) is 11.1. The Morgan fingerprint density at radius 3 is 2.68 bits per heavy atom. The van der Waals surface area contributed by atoms with Gasteiger partial charge in [0.25, 0.3) is 5.69 Å². The van der Waals surface area contributed by atoms with Gasteiger partial charge in [0.05, 0.1) is 4.92 Å². The van der Waals surface area contributed by atoms with Crippen molar-refractivity contribution >= 4 is 5.69 Å². The summed E-state index contributed by atoms with van der Waals surface area (Å²) < 4.78 is 13.2. The first-order chi connectivity index (χ1) is 8.95. The molecule has 1 aromatic carbocycles. The molecular weight excluding hydrogens is 251 g/mol. The Labute approximate surface area is 111 Å². The number of nitro benzene ring substituents is 1. The van der Waals surface area contributed by atoms with Crippen molar-refractivity contribution in [1.82, 2.24) is 5.32 Å². The quantitative estimate of drug-likeness (QED) is 0.588. The molecule has 19 heavy (non-hydrogen) atoms. The first-order valence-electron chi connectivity index (χ1n) is 6.22. The molecule has 0 fully saturated rings. The van der Waals surface area contributed by atoms with Gasteiger partial charge in [0.1, 0.15) is 5.82 Å². The molecule has 1 atom stereocenters. The van der Waals surface area contributed by atoms with E-state index in [-0.39, 0.29) is 30.8 Å². The van der Waals surface area contributed by atoms with Crippen LogP contribution in [0, 0.1) is 21.8 Å². The van der Waals surface area contributed by atoms with E-state index in [1.54, 1.807) is 0 Å². The summed E-state index contributed by atoms with van der Waals surface area (Å²) in [5.41, 5.74) is 0.217. The number of hydrogen-bond donors (Lipinski definition) is 2. The minimum absolute atomic E-state index is 0.0351. The fourth-order valence-electron chi connectivity index (χ4n) is 1.93. The van der Waals surface area contributed by atoms with E-state index in [4.69, 9.17) is 5.11 Å². The molecule has 0 aromatic heterocycles. The summed E-state index contributed by atoms with van der Waals surface area (Å²) in [4.78, 5) is 10.3. The van der Waals surface area contributed by atoms with Gasteiger partial charge < -0.3 is 10.4 Å². The first kappa shape index (κ1) is 15.5. The summed E-state index contributed by atoms with van der Waals surface area (Å²) in [5.74, 6) is -0.217. The zero-order chi connectivity index (χ0) is 14.4. The molecule has 0 spiro atoms. The minimum atomic E-state index is -0.521. The normalized spacial score (nSPS) is 12.7. The number of benzene rings is 1. The van der Waals surface area contributed by atoms with E-state index in [0.717, 1.165) is 6.07 Å². The van der Waals surface area contributed by atoms with E-state index in [2.05, 4.69) is 5.32 Å². The van der Waals surface area contributed by atoms with Crippen molar-refractivity contribution < 1.29 is 14.4 Å². The van der Waals surface area contributed by atoms with Crippen LogP contribution < -0.4 is 5.32 Å². The molecule has 0 bridgehead atoms. The number of aliphatic hydroxyl groups excluding tert-OH is 1. The maximum absolute atomic E-state index is 13.2. The number of nitrogens with one attached hydrogen (secondary N) is 1. The third kappa shape index (κ3) is 4.57. The van der Waals surface area contributed by atoms with Crippen LogP contribution in [-0.2, 0) is 6.54 Å². The minimum Gasteiger partial charge on any atom is -0.396 e. The molecule has 1 rings (SSSR count). The average Bonchev–Trinajstić information content (AvgIpc) is 2.33. The number of nitro groups is 1. The smallest absolute Gasteiger partial charge is 0.274 e. The van der Waals surface area contributed by atoms with Gasteiger partial charge in [-0.2, -0.15) is 0 Å². The molecule has 0 radical (unpaired) electrons. The third-order valence-electron chi connectivity index (χ3n) is 3.04. The standard InChI is InChI=1S/C13H19FN2O3/c1-9(2)12(5-6-17)15-8-10-7-11(14)3-4-13(10)16(18)19/h3-4,7,9,12,15,17H,5-6,8H2,1-2H3. The van der Waals surface area contributed by atoms with Crippen molar-refractivity contribution in [3.05, 3.63) is 39.7 Å². The van der Waals surface area contributed by atoms with Crippen LogP contribution in [0.25, 0.3) is 0 Å². The summed E-state index contributed by atoms with van der Waals surface area (Å²) in [6.07, 6.45) is 0.556. The van der Waals surface area contributed by atoms with Crippen LogP contribution in [0.5, 0.6) is 0 Å². The van der Waals surface area contributed by atoms with E-state index in [9.17, 15) is 14.5 Å². The van der Waals surface area contributed by atoms with Gasteiger partial charge in [0.2, 0.25) is 0 Å². The van der Waals surface area contributed by atoms with Gasteiger partial charge in [0, 0.05) is 30.8 Å². The van der Waals surface area contributed by atoms with Crippen molar-refractivity contribution in [3.63, 3.8) is 0 Å². The van der Waals surface area contributed by atoms with Crippen molar-refractivity contribution in [2.45, 2.75) is 32.9 Å². The maximum atomic E-state index is 13.2. The Morgan fingerprint density at radius 1 is 1.47 bits per heavy atom. The Balaban J connectivity index is 2.80. The molecule has 1 unspecified atom stereocenters. The Morgan fingerprint density at radius 2 is 2.16 bits per heavy atom. The molecule has 0 aliphatic rings. The van der Waals surface area contributed by atoms with Gasteiger partial charge in [-0.15, -0.1) is 0 Å². The number of nitrogens with zero attached hydrogens (tertiary/aromatic N) is 1. The van der Waals surface area contributed by atoms with Crippen LogP contribution >= 0.6 is 0 Å². The van der Waals surface area contributed by atoms with Crippen LogP contribution in [0.4, 0.5) is 10.1 Å². The number of aliphatic hydroxyl groups is 1. The number of halogens is 1. The second-order valence-corrected chi connectivity index (χ2v) is 4.77. The van der Waals surface area contributed by atoms with Gasteiger partial charge in [-0.3, -0.25) is 10.1 Å².